The highest BCUT2D eigenvalue weighted by molar-refractivity contribution is 5.42. The van der Waals surface area contributed by atoms with Crippen molar-refractivity contribution in [2.24, 2.45) is 0 Å². The van der Waals surface area contributed by atoms with Crippen molar-refractivity contribution in [3.63, 3.8) is 0 Å². The number of piperidine rings is 1. The van der Waals surface area contributed by atoms with Gasteiger partial charge in [0.2, 0.25) is 17.8 Å². The van der Waals surface area contributed by atoms with Gasteiger partial charge in [-0.1, -0.05) is 6.92 Å². The number of nitrogens with one attached hydrogen (secondary N) is 1. The van der Waals surface area contributed by atoms with Gasteiger partial charge in [-0.05, 0) is 32.1 Å². The molecule has 2 heterocycles. The predicted molar refractivity (Wildman–Crippen MR) is 79.7 cm³/mol. The number of rotatable bonds is 6. The highest BCUT2D eigenvalue weighted by atomic mass is 16.3. The van der Waals surface area contributed by atoms with E-state index in [9.17, 15) is 5.11 Å². The average molecular weight is 280 g/mol. The summed E-state index contributed by atoms with van der Waals surface area (Å²) in [6, 6.07) is 0. The van der Waals surface area contributed by atoms with Gasteiger partial charge in [-0.25, -0.2) is 0 Å². The molecule has 0 spiro atoms. The average Bonchev–Trinajstić information content (AvgIpc) is 2.47. The van der Waals surface area contributed by atoms with E-state index in [-0.39, 0.29) is 12.1 Å². The lowest BCUT2D eigenvalue weighted by molar-refractivity contribution is 0.164. The summed E-state index contributed by atoms with van der Waals surface area (Å²) in [7, 11) is 0. The number of aliphatic hydroxyl groups excluding tert-OH is 1. The van der Waals surface area contributed by atoms with Gasteiger partial charge in [-0.3, -0.25) is 0 Å². The van der Waals surface area contributed by atoms with E-state index in [4.69, 9.17) is 5.73 Å². The van der Waals surface area contributed by atoms with E-state index in [1.807, 2.05) is 6.92 Å². The van der Waals surface area contributed by atoms with Crippen molar-refractivity contribution in [3.8, 4) is 0 Å². The van der Waals surface area contributed by atoms with Gasteiger partial charge >= 0.3 is 0 Å². The quantitative estimate of drug-likeness (QED) is 0.715. The largest absolute Gasteiger partial charge is 0.393 e. The van der Waals surface area contributed by atoms with Gasteiger partial charge in [0.15, 0.2) is 0 Å². The molecule has 0 radical (unpaired) electrons. The molecule has 1 fully saturated rings. The molecule has 20 heavy (non-hydrogen) atoms. The molecule has 112 valence electrons. The Bertz CT molecular complexity index is 421. The summed E-state index contributed by atoms with van der Waals surface area (Å²) in [4.78, 5) is 14.9. The van der Waals surface area contributed by atoms with Gasteiger partial charge < -0.3 is 21.1 Å². The van der Waals surface area contributed by atoms with Gasteiger partial charge in [-0.2, -0.15) is 15.0 Å². The van der Waals surface area contributed by atoms with Crippen LogP contribution in [0.25, 0.3) is 0 Å². The summed E-state index contributed by atoms with van der Waals surface area (Å²) in [5.41, 5.74) is 5.75. The fourth-order valence-electron chi connectivity index (χ4n) is 2.25. The van der Waals surface area contributed by atoms with Crippen molar-refractivity contribution in [2.45, 2.75) is 45.1 Å². The molecule has 1 aromatic rings. The summed E-state index contributed by atoms with van der Waals surface area (Å²) >= 11 is 0. The van der Waals surface area contributed by atoms with Gasteiger partial charge in [0.1, 0.15) is 0 Å². The summed E-state index contributed by atoms with van der Waals surface area (Å²) in [6.45, 7) is 4.52. The van der Waals surface area contributed by atoms with E-state index in [0.29, 0.717) is 24.9 Å². The zero-order chi connectivity index (χ0) is 14.4. The number of anilines is 3. The first kappa shape index (κ1) is 14.8. The van der Waals surface area contributed by atoms with E-state index in [0.717, 1.165) is 32.4 Å². The molecule has 0 saturated carbocycles. The van der Waals surface area contributed by atoms with Gasteiger partial charge in [0, 0.05) is 19.6 Å². The molecular formula is C13H24N6O. The molecule has 1 aliphatic rings. The minimum absolute atomic E-state index is 0.235. The van der Waals surface area contributed by atoms with Crippen molar-refractivity contribution < 1.29 is 5.11 Å². The lowest BCUT2D eigenvalue weighted by Gasteiger charge is -2.26. The van der Waals surface area contributed by atoms with Crippen molar-refractivity contribution >= 4 is 17.8 Å². The second kappa shape index (κ2) is 7.23. The normalized spacial score (nSPS) is 17.0. The van der Waals surface area contributed by atoms with Crippen LogP contribution < -0.4 is 16.0 Å². The van der Waals surface area contributed by atoms with Crippen LogP contribution in [0.5, 0.6) is 0 Å². The van der Waals surface area contributed by atoms with Crippen molar-refractivity contribution in [1.82, 2.24) is 15.0 Å². The molecule has 0 amide bonds. The second-order valence-corrected chi connectivity index (χ2v) is 5.14. The van der Waals surface area contributed by atoms with Gasteiger partial charge in [0.25, 0.3) is 0 Å². The minimum atomic E-state index is -0.289. The standard InChI is InChI=1S/C13H24N6O/c1-2-10(20)6-7-15-12-16-11(14)17-13(18-12)19-8-4-3-5-9-19/h10,20H,2-9H2,1H3,(H3,14,15,16,17,18). The van der Waals surface area contributed by atoms with E-state index in [2.05, 4.69) is 25.2 Å². The summed E-state index contributed by atoms with van der Waals surface area (Å²) in [5, 5.41) is 12.6. The number of hydrogen-bond donors (Lipinski definition) is 3. The number of aliphatic hydroxyl groups is 1. The Labute approximate surface area is 119 Å². The van der Waals surface area contributed by atoms with E-state index in [1.165, 1.54) is 6.42 Å². The fraction of sp³-hybridized carbons (Fsp3) is 0.769. The first-order valence-corrected chi connectivity index (χ1v) is 7.37. The molecule has 1 saturated heterocycles. The van der Waals surface area contributed by atoms with Crippen LogP contribution in [0.15, 0.2) is 0 Å². The maximum absolute atomic E-state index is 9.52. The molecule has 0 bridgehead atoms. The van der Waals surface area contributed by atoms with E-state index >= 15 is 0 Å². The molecule has 7 heteroatoms. The maximum atomic E-state index is 9.52. The van der Waals surface area contributed by atoms with Crippen molar-refractivity contribution in [1.29, 1.82) is 0 Å². The molecule has 1 atom stereocenters. The van der Waals surface area contributed by atoms with E-state index < -0.39 is 0 Å². The van der Waals surface area contributed by atoms with Gasteiger partial charge in [0.05, 0.1) is 6.10 Å². The molecule has 7 nitrogen and oxygen atoms in total. The first-order chi connectivity index (χ1) is 9.69. The molecule has 0 aromatic carbocycles. The number of nitrogen functional groups attached to an aromatic ring is 1. The third kappa shape index (κ3) is 4.19. The zero-order valence-electron chi connectivity index (χ0n) is 12.0. The van der Waals surface area contributed by atoms with Crippen molar-refractivity contribution in [2.75, 3.05) is 35.6 Å². The highest BCUT2D eigenvalue weighted by Gasteiger charge is 2.15. The summed E-state index contributed by atoms with van der Waals surface area (Å²) in [6.07, 6.45) is 4.72. The molecule has 2 rings (SSSR count). The smallest absolute Gasteiger partial charge is 0.231 e. The molecule has 0 aliphatic carbocycles. The van der Waals surface area contributed by atoms with Crippen LogP contribution in [0.2, 0.25) is 0 Å². The predicted octanol–water partition coefficient (Wildman–Crippen LogP) is 1.02. The molecular weight excluding hydrogens is 256 g/mol. The SMILES string of the molecule is CCC(O)CCNc1nc(N)nc(N2CCCCC2)n1. The molecule has 4 N–H and O–H groups in total. The molecule has 1 aliphatic heterocycles. The van der Waals surface area contributed by atoms with Crippen LogP contribution in [-0.2, 0) is 0 Å². The fourth-order valence-corrected chi connectivity index (χ4v) is 2.25. The Morgan fingerprint density at radius 1 is 1.25 bits per heavy atom. The Kier molecular flexibility index (Phi) is 5.34. The second-order valence-electron chi connectivity index (χ2n) is 5.14. The third-order valence-corrected chi connectivity index (χ3v) is 3.51. The van der Waals surface area contributed by atoms with Crippen LogP contribution in [-0.4, -0.2) is 45.8 Å². The monoisotopic (exact) mass is 280 g/mol. The van der Waals surface area contributed by atoms with Crippen LogP contribution in [0.4, 0.5) is 17.8 Å². The van der Waals surface area contributed by atoms with Crippen LogP contribution >= 0.6 is 0 Å². The Balaban J connectivity index is 1.97. The minimum Gasteiger partial charge on any atom is -0.393 e. The highest BCUT2D eigenvalue weighted by Crippen LogP contribution is 2.17. The lowest BCUT2D eigenvalue weighted by Crippen LogP contribution is -2.31. The van der Waals surface area contributed by atoms with Crippen LogP contribution in [0.1, 0.15) is 39.0 Å². The van der Waals surface area contributed by atoms with Gasteiger partial charge in [-0.15, -0.1) is 0 Å². The number of nitrogens with zero attached hydrogens (tertiary/aromatic N) is 4. The Morgan fingerprint density at radius 3 is 2.70 bits per heavy atom. The summed E-state index contributed by atoms with van der Waals surface area (Å²) < 4.78 is 0. The third-order valence-electron chi connectivity index (χ3n) is 3.51. The van der Waals surface area contributed by atoms with E-state index in [1.54, 1.807) is 0 Å². The van der Waals surface area contributed by atoms with Crippen LogP contribution in [0, 0.1) is 0 Å². The van der Waals surface area contributed by atoms with Crippen LogP contribution in [0.3, 0.4) is 0 Å². The Morgan fingerprint density at radius 2 is 2.00 bits per heavy atom. The first-order valence-electron chi connectivity index (χ1n) is 7.37. The number of hydrogen-bond acceptors (Lipinski definition) is 7. The van der Waals surface area contributed by atoms with Crippen molar-refractivity contribution in [3.05, 3.63) is 0 Å². The Hall–Kier alpha value is -1.63. The topological polar surface area (TPSA) is 100 Å². The summed E-state index contributed by atoms with van der Waals surface area (Å²) in [5.74, 6) is 1.37. The zero-order valence-corrected chi connectivity index (χ0v) is 12.0. The number of nitrogens with two attached hydrogens (primary N) is 1. The lowest BCUT2D eigenvalue weighted by atomic mass is 10.1. The molecule has 1 aromatic heterocycles. The molecule has 1 unspecified atom stereocenters. The maximum Gasteiger partial charge on any atom is 0.231 e. The number of aromatic nitrogens is 3.